The fourth-order valence-corrected chi connectivity index (χ4v) is 3.78. The molecule has 30 heavy (non-hydrogen) atoms. The van der Waals surface area contributed by atoms with Crippen LogP contribution in [0.25, 0.3) is 0 Å². The molecule has 170 valence electrons. The van der Waals surface area contributed by atoms with Gasteiger partial charge in [-0.25, -0.2) is 0 Å². The lowest BCUT2D eigenvalue weighted by Crippen LogP contribution is -2.50. The summed E-state index contributed by atoms with van der Waals surface area (Å²) in [6.45, 7) is 15.6. The van der Waals surface area contributed by atoms with Crippen molar-refractivity contribution in [2.24, 2.45) is 5.41 Å². The molecule has 0 unspecified atom stereocenters. The molecule has 7 heteroatoms. The zero-order valence-corrected chi connectivity index (χ0v) is 19.8. The number of nitrogens with one attached hydrogen (secondary N) is 1. The predicted molar refractivity (Wildman–Crippen MR) is 116 cm³/mol. The first kappa shape index (κ1) is 26.0. The van der Waals surface area contributed by atoms with Crippen LogP contribution in [0.3, 0.4) is 0 Å². The number of imide groups is 1. The predicted octanol–water partition coefficient (Wildman–Crippen LogP) is 3.17. The van der Waals surface area contributed by atoms with Crippen LogP contribution >= 0.6 is 0 Å². The third-order valence-corrected chi connectivity index (χ3v) is 5.28. The maximum absolute atomic E-state index is 12.6. The van der Waals surface area contributed by atoms with Crippen molar-refractivity contribution in [2.45, 2.75) is 97.8 Å². The number of amides is 3. The van der Waals surface area contributed by atoms with Crippen LogP contribution in [0.4, 0.5) is 0 Å². The summed E-state index contributed by atoms with van der Waals surface area (Å²) >= 11 is 0. The van der Waals surface area contributed by atoms with E-state index in [1.165, 1.54) is 17.1 Å². The Bertz CT molecular complexity index is 686. The number of carbonyl (C=O) groups is 4. The zero-order chi connectivity index (χ0) is 23.4. The summed E-state index contributed by atoms with van der Waals surface area (Å²) in [6, 6.07) is 0. The van der Waals surface area contributed by atoms with E-state index in [4.69, 9.17) is 4.74 Å². The maximum Gasteiger partial charge on any atom is 0.254 e. The Labute approximate surface area is 180 Å². The smallest absolute Gasteiger partial charge is 0.254 e. The maximum atomic E-state index is 12.6. The molecule has 0 aromatic carbocycles. The average Bonchev–Trinajstić information content (AvgIpc) is 2.90. The van der Waals surface area contributed by atoms with E-state index in [1.54, 1.807) is 13.8 Å². The lowest BCUT2D eigenvalue weighted by atomic mass is 9.88. The highest BCUT2D eigenvalue weighted by Crippen LogP contribution is 2.27. The SMILES string of the molecule is CC(C)(C=O)CCOC(C)(C)CC(C)(C)NC(=O)CCC(C)(C)N1C(=O)C=CC1=O. The first-order chi connectivity index (χ1) is 13.5. The third-order valence-electron chi connectivity index (χ3n) is 5.28. The van der Waals surface area contributed by atoms with Crippen molar-refractivity contribution in [2.75, 3.05) is 6.61 Å². The molecule has 0 saturated carbocycles. The van der Waals surface area contributed by atoms with Crippen molar-refractivity contribution >= 4 is 24.0 Å². The van der Waals surface area contributed by atoms with Crippen molar-refractivity contribution in [3.63, 3.8) is 0 Å². The van der Waals surface area contributed by atoms with Crippen LogP contribution in [0.15, 0.2) is 12.2 Å². The summed E-state index contributed by atoms with van der Waals surface area (Å²) in [5, 5.41) is 3.04. The van der Waals surface area contributed by atoms with E-state index in [0.29, 0.717) is 25.9 Å². The molecule has 0 aromatic rings. The second kappa shape index (κ2) is 9.41. The van der Waals surface area contributed by atoms with Crippen LogP contribution in [-0.2, 0) is 23.9 Å². The largest absolute Gasteiger partial charge is 0.375 e. The molecule has 0 aliphatic carbocycles. The van der Waals surface area contributed by atoms with Crippen LogP contribution in [0.5, 0.6) is 0 Å². The van der Waals surface area contributed by atoms with Gasteiger partial charge in [-0.15, -0.1) is 0 Å². The molecule has 0 aromatic heterocycles. The standard InChI is InChI=1S/C23H38N2O5/c1-20(2,16-26)13-14-30-23(7,8)15-21(3,4)24-17(27)11-12-22(5,6)25-18(28)9-10-19(25)29/h9-10,16H,11-15H2,1-8H3,(H,24,27). The molecular weight excluding hydrogens is 384 g/mol. The summed E-state index contributed by atoms with van der Waals surface area (Å²) in [4.78, 5) is 48.6. The minimum Gasteiger partial charge on any atom is -0.375 e. The van der Waals surface area contributed by atoms with Gasteiger partial charge in [0.1, 0.15) is 6.29 Å². The van der Waals surface area contributed by atoms with Crippen molar-refractivity contribution in [1.82, 2.24) is 10.2 Å². The summed E-state index contributed by atoms with van der Waals surface area (Å²) in [5.41, 5.74) is -2.14. The van der Waals surface area contributed by atoms with Gasteiger partial charge < -0.3 is 14.8 Å². The molecule has 0 radical (unpaired) electrons. The molecule has 3 amide bonds. The Morgan fingerprint density at radius 2 is 1.53 bits per heavy atom. The molecule has 1 aliphatic heterocycles. The number of aldehydes is 1. The molecule has 1 rings (SSSR count). The zero-order valence-electron chi connectivity index (χ0n) is 19.8. The fraction of sp³-hybridized carbons (Fsp3) is 0.739. The van der Waals surface area contributed by atoms with Gasteiger partial charge in [0.2, 0.25) is 5.91 Å². The van der Waals surface area contributed by atoms with E-state index in [1.807, 2.05) is 41.5 Å². The molecule has 0 bridgehead atoms. The monoisotopic (exact) mass is 422 g/mol. The Kier molecular flexibility index (Phi) is 8.16. The number of rotatable bonds is 12. The molecule has 0 fully saturated rings. The Morgan fingerprint density at radius 3 is 2.03 bits per heavy atom. The number of carbonyl (C=O) groups excluding carboxylic acids is 4. The van der Waals surface area contributed by atoms with Crippen molar-refractivity contribution in [3.8, 4) is 0 Å². The van der Waals surface area contributed by atoms with E-state index >= 15 is 0 Å². The first-order valence-corrected chi connectivity index (χ1v) is 10.5. The van der Waals surface area contributed by atoms with E-state index in [0.717, 1.165) is 6.29 Å². The third kappa shape index (κ3) is 8.01. The summed E-state index contributed by atoms with van der Waals surface area (Å²) in [6.07, 6.45) is 5.23. The molecule has 7 nitrogen and oxygen atoms in total. The first-order valence-electron chi connectivity index (χ1n) is 10.5. The highest BCUT2D eigenvalue weighted by atomic mass is 16.5. The normalized spacial score (nSPS) is 15.7. The fourth-order valence-electron chi connectivity index (χ4n) is 3.78. The number of hydrogen-bond acceptors (Lipinski definition) is 5. The highest BCUT2D eigenvalue weighted by molar-refractivity contribution is 6.13. The second-order valence-corrected chi connectivity index (χ2v) is 10.7. The quantitative estimate of drug-likeness (QED) is 0.385. The van der Waals surface area contributed by atoms with Gasteiger partial charge in [-0.05, 0) is 60.8 Å². The molecular formula is C23H38N2O5. The van der Waals surface area contributed by atoms with Gasteiger partial charge in [0, 0.05) is 41.7 Å². The van der Waals surface area contributed by atoms with Crippen molar-refractivity contribution in [3.05, 3.63) is 12.2 Å². The van der Waals surface area contributed by atoms with Crippen LogP contribution in [0, 0.1) is 5.41 Å². The molecule has 1 aliphatic rings. The Hall–Kier alpha value is -2.02. The lowest BCUT2D eigenvalue weighted by molar-refractivity contribution is -0.144. The van der Waals surface area contributed by atoms with E-state index in [9.17, 15) is 19.2 Å². The summed E-state index contributed by atoms with van der Waals surface area (Å²) < 4.78 is 5.99. The van der Waals surface area contributed by atoms with Gasteiger partial charge >= 0.3 is 0 Å². The van der Waals surface area contributed by atoms with Gasteiger partial charge in [0.05, 0.1) is 5.60 Å². The summed E-state index contributed by atoms with van der Waals surface area (Å²) in [5.74, 6) is -0.831. The highest BCUT2D eigenvalue weighted by Gasteiger charge is 2.38. The van der Waals surface area contributed by atoms with E-state index in [-0.39, 0.29) is 24.1 Å². The molecule has 0 spiro atoms. The van der Waals surface area contributed by atoms with Crippen LogP contribution in [0.1, 0.15) is 81.1 Å². The molecule has 0 atom stereocenters. The molecule has 1 N–H and O–H groups in total. The van der Waals surface area contributed by atoms with E-state index < -0.39 is 22.1 Å². The van der Waals surface area contributed by atoms with Gasteiger partial charge in [0.15, 0.2) is 0 Å². The van der Waals surface area contributed by atoms with Crippen LogP contribution in [0.2, 0.25) is 0 Å². The summed E-state index contributed by atoms with van der Waals surface area (Å²) in [7, 11) is 0. The van der Waals surface area contributed by atoms with Gasteiger partial charge in [-0.1, -0.05) is 13.8 Å². The van der Waals surface area contributed by atoms with E-state index in [2.05, 4.69) is 5.32 Å². The van der Waals surface area contributed by atoms with Gasteiger partial charge in [-0.2, -0.15) is 0 Å². The Balaban J connectivity index is 2.55. The number of hydrogen-bond donors (Lipinski definition) is 1. The van der Waals surface area contributed by atoms with Gasteiger partial charge in [-0.3, -0.25) is 19.3 Å². The minimum absolute atomic E-state index is 0.141. The number of ether oxygens (including phenoxy) is 1. The lowest BCUT2D eigenvalue weighted by Gasteiger charge is -2.37. The number of nitrogens with zero attached hydrogens (tertiary/aromatic N) is 1. The van der Waals surface area contributed by atoms with Crippen LogP contribution < -0.4 is 5.32 Å². The topological polar surface area (TPSA) is 92.8 Å². The average molecular weight is 423 g/mol. The van der Waals surface area contributed by atoms with Crippen molar-refractivity contribution in [1.29, 1.82) is 0 Å². The van der Waals surface area contributed by atoms with Crippen molar-refractivity contribution < 1.29 is 23.9 Å². The van der Waals surface area contributed by atoms with Gasteiger partial charge in [0.25, 0.3) is 11.8 Å². The molecule has 0 saturated heterocycles. The molecule has 1 heterocycles. The van der Waals surface area contributed by atoms with Crippen LogP contribution in [-0.4, -0.2) is 52.2 Å². The minimum atomic E-state index is -0.743. The second-order valence-electron chi connectivity index (χ2n) is 10.7. The Morgan fingerprint density at radius 1 is 1.00 bits per heavy atom.